The van der Waals surface area contributed by atoms with Gasteiger partial charge in [0.05, 0.1) is 30.0 Å². The summed E-state index contributed by atoms with van der Waals surface area (Å²) in [4.78, 5) is 37.3. The van der Waals surface area contributed by atoms with E-state index in [0.29, 0.717) is 30.9 Å². The molecule has 25 heavy (non-hydrogen) atoms. The van der Waals surface area contributed by atoms with E-state index in [1.165, 1.54) is 6.07 Å². The lowest BCUT2D eigenvalue weighted by molar-refractivity contribution is -0.122. The van der Waals surface area contributed by atoms with Gasteiger partial charge in [-0.25, -0.2) is 0 Å². The molecule has 2 aromatic rings. The molecule has 1 aliphatic heterocycles. The van der Waals surface area contributed by atoms with E-state index in [4.69, 9.17) is 9.90 Å². The van der Waals surface area contributed by atoms with E-state index in [-0.39, 0.29) is 23.9 Å². The van der Waals surface area contributed by atoms with Crippen LogP contribution in [-0.4, -0.2) is 43.7 Å². The lowest BCUT2D eigenvalue weighted by Gasteiger charge is -2.28. The van der Waals surface area contributed by atoms with Crippen LogP contribution in [0.1, 0.15) is 47.2 Å². The Morgan fingerprint density at radius 3 is 2.68 bits per heavy atom. The van der Waals surface area contributed by atoms with Gasteiger partial charge >= 0.3 is 0 Å². The molecule has 0 fully saturated rings. The third-order valence-electron chi connectivity index (χ3n) is 3.96. The van der Waals surface area contributed by atoms with Crippen molar-refractivity contribution in [1.82, 2.24) is 19.7 Å². The summed E-state index contributed by atoms with van der Waals surface area (Å²) in [6.07, 6.45) is 0. The molecule has 0 saturated carbocycles. The van der Waals surface area contributed by atoms with Gasteiger partial charge in [0.1, 0.15) is 0 Å². The molecular formula is C17H22N4O4. The molecule has 3 rings (SSSR count). The van der Waals surface area contributed by atoms with Crippen molar-refractivity contribution in [2.45, 2.75) is 39.8 Å². The Balaban J connectivity index is 0.000000701. The average Bonchev–Trinajstić information content (AvgIpc) is 2.94. The number of carbonyl (C=O) groups excluding carboxylic acids is 1. The van der Waals surface area contributed by atoms with Crippen molar-refractivity contribution >= 4 is 12.4 Å². The van der Waals surface area contributed by atoms with Crippen LogP contribution >= 0.6 is 0 Å². The Morgan fingerprint density at radius 1 is 1.36 bits per heavy atom. The maximum Gasteiger partial charge on any atom is 0.290 e. The molecule has 0 saturated heterocycles. The number of hydrogen-bond acceptors (Lipinski definition) is 4. The van der Waals surface area contributed by atoms with Crippen LogP contribution in [0.5, 0.6) is 0 Å². The van der Waals surface area contributed by atoms with Crippen molar-refractivity contribution in [3.8, 4) is 0 Å². The molecule has 0 radical (unpaired) electrons. The fraction of sp³-hybridized carbons (Fsp3) is 0.412. The summed E-state index contributed by atoms with van der Waals surface area (Å²) in [5.74, 6) is 0.0514. The first-order valence-electron chi connectivity index (χ1n) is 8.01. The first-order valence-corrected chi connectivity index (χ1v) is 8.01. The molecular weight excluding hydrogens is 324 g/mol. The van der Waals surface area contributed by atoms with Crippen LogP contribution in [0.2, 0.25) is 0 Å². The first kappa shape index (κ1) is 18.4. The molecule has 2 aromatic heterocycles. The Labute approximate surface area is 145 Å². The second-order valence-electron chi connectivity index (χ2n) is 6.14. The molecule has 0 atom stereocenters. The number of H-pyrrole nitrogens is 1. The number of pyridine rings is 1. The van der Waals surface area contributed by atoms with Crippen LogP contribution in [0.15, 0.2) is 23.0 Å². The predicted octanol–water partition coefficient (Wildman–Crippen LogP) is 1.36. The van der Waals surface area contributed by atoms with E-state index in [9.17, 15) is 9.59 Å². The van der Waals surface area contributed by atoms with Gasteiger partial charge in [0.25, 0.3) is 12.4 Å². The molecule has 2 N–H and O–H groups in total. The molecule has 1 aliphatic rings. The maximum absolute atomic E-state index is 12.8. The molecule has 0 aromatic carbocycles. The SMILES string of the molecule is Cc1cc2n(n1)CCN(C(=O)c1ccc(=O)[nH]c1C(C)C)C2.O=CO. The maximum atomic E-state index is 12.8. The van der Waals surface area contributed by atoms with Gasteiger partial charge in [-0.15, -0.1) is 0 Å². The highest BCUT2D eigenvalue weighted by atomic mass is 16.3. The summed E-state index contributed by atoms with van der Waals surface area (Å²) >= 11 is 0. The zero-order valence-corrected chi connectivity index (χ0v) is 14.5. The fourth-order valence-corrected chi connectivity index (χ4v) is 2.89. The molecule has 134 valence electrons. The zero-order chi connectivity index (χ0) is 18.6. The van der Waals surface area contributed by atoms with Crippen molar-refractivity contribution in [1.29, 1.82) is 0 Å². The summed E-state index contributed by atoms with van der Waals surface area (Å²) in [7, 11) is 0. The molecule has 1 amide bonds. The van der Waals surface area contributed by atoms with Gasteiger partial charge in [0.15, 0.2) is 0 Å². The quantitative estimate of drug-likeness (QED) is 0.798. The second-order valence-corrected chi connectivity index (χ2v) is 6.14. The number of fused-ring (bicyclic) bond motifs is 1. The van der Waals surface area contributed by atoms with Gasteiger partial charge < -0.3 is 15.0 Å². The largest absolute Gasteiger partial charge is 0.483 e. The summed E-state index contributed by atoms with van der Waals surface area (Å²) in [5, 5.41) is 11.3. The van der Waals surface area contributed by atoms with E-state index in [1.54, 1.807) is 6.07 Å². The molecule has 8 heteroatoms. The number of nitrogens with one attached hydrogen (secondary N) is 1. The smallest absolute Gasteiger partial charge is 0.290 e. The van der Waals surface area contributed by atoms with Crippen molar-refractivity contribution in [2.24, 2.45) is 0 Å². The lowest BCUT2D eigenvalue weighted by Crippen LogP contribution is -2.39. The van der Waals surface area contributed by atoms with E-state index in [2.05, 4.69) is 10.1 Å². The van der Waals surface area contributed by atoms with Gasteiger partial charge in [0.2, 0.25) is 5.56 Å². The van der Waals surface area contributed by atoms with Crippen LogP contribution in [0.3, 0.4) is 0 Å². The minimum absolute atomic E-state index is 0.0370. The standard InChI is InChI=1S/C16H20N4O2.CH2O2/c1-10(2)15-13(4-5-14(21)17-15)16(22)19-6-7-20-12(9-19)8-11(3)18-20;2-1-3/h4-5,8,10H,6-7,9H2,1-3H3,(H,17,21);1H,(H,2,3). The van der Waals surface area contributed by atoms with Gasteiger partial charge in [0, 0.05) is 18.3 Å². The third-order valence-corrected chi connectivity index (χ3v) is 3.96. The van der Waals surface area contributed by atoms with Crippen molar-refractivity contribution < 1.29 is 14.7 Å². The molecule has 0 spiro atoms. The number of amides is 1. The van der Waals surface area contributed by atoms with Crippen LogP contribution in [0, 0.1) is 6.92 Å². The molecule has 0 unspecified atom stereocenters. The summed E-state index contributed by atoms with van der Waals surface area (Å²) in [5.41, 5.74) is 3.13. The third kappa shape index (κ3) is 4.14. The Hall–Kier alpha value is -2.90. The molecule has 0 bridgehead atoms. The molecule has 0 aliphatic carbocycles. The minimum Gasteiger partial charge on any atom is -0.483 e. The van der Waals surface area contributed by atoms with Gasteiger partial charge in [-0.2, -0.15) is 5.10 Å². The van der Waals surface area contributed by atoms with Crippen molar-refractivity contribution in [3.63, 3.8) is 0 Å². The number of carbonyl (C=O) groups is 2. The van der Waals surface area contributed by atoms with Crippen molar-refractivity contribution in [2.75, 3.05) is 6.54 Å². The van der Waals surface area contributed by atoms with Crippen molar-refractivity contribution in [3.05, 3.63) is 51.2 Å². The number of hydrogen-bond donors (Lipinski definition) is 2. The lowest BCUT2D eigenvalue weighted by atomic mass is 10.0. The number of nitrogens with zero attached hydrogens (tertiary/aromatic N) is 3. The van der Waals surface area contributed by atoms with Crippen LogP contribution < -0.4 is 5.56 Å². The van der Waals surface area contributed by atoms with E-state index < -0.39 is 0 Å². The number of aryl methyl sites for hydroxylation is 1. The summed E-state index contributed by atoms with van der Waals surface area (Å²) in [6.45, 7) is 7.53. The van der Waals surface area contributed by atoms with Crippen LogP contribution in [-0.2, 0) is 17.9 Å². The van der Waals surface area contributed by atoms with Crippen LogP contribution in [0.4, 0.5) is 0 Å². The Morgan fingerprint density at radius 2 is 2.04 bits per heavy atom. The fourth-order valence-electron chi connectivity index (χ4n) is 2.89. The zero-order valence-electron chi connectivity index (χ0n) is 14.5. The predicted molar refractivity (Wildman–Crippen MR) is 91.5 cm³/mol. The average molecular weight is 346 g/mol. The van der Waals surface area contributed by atoms with Gasteiger partial charge in [-0.1, -0.05) is 13.8 Å². The highest BCUT2D eigenvalue weighted by Gasteiger charge is 2.25. The highest BCUT2D eigenvalue weighted by Crippen LogP contribution is 2.20. The number of rotatable bonds is 2. The number of carboxylic acid groups (broad SMARTS) is 1. The summed E-state index contributed by atoms with van der Waals surface area (Å²) in [6, 6.07) is 5.06. The highest BCUT2D eigenvalue weighted by molar-refractivity contribution is 5.95. The molecule has 3 heterocycles. The summed E-state index contributed by atoms with van der Waals surface area (Å²) < 4.78 is 1.95. The normalized spacial score (nSPS) is 13.0. The number of aromatic amines is 1. The topological polar surface area (TPSA) is 108 Å². The van der Waals surface area contributed by atoms with E-state index in [1.807, 2.05) is 36.4 Å². The van der Waals surface area contributed by atoms with Gasteiger partial charge in [-0.3, -0.25) is 19.1 Å². The van der Waals surface area contributed by atoms with Gasteiger partial charge in [-0.05, 0) is 25.0 Å². The van der Waals surface area contributed by atoms with E-state index in [0.717, 1.165) is 11.4 Å². The minimum atomic E-state index is -0.250. The second kappa shape index (κ2) is 7.78. The Kier molecular flexibility index (Phi) is 5.74. The first-order chi connectivity index (χ1) is 11.9. The number of aromatic nitrogens is 3. The molecule has 8 nitrogen and oxygen atoms in total. The van der Waals surface area contributed by atoms with Crippen LogP contribution in [0.25, 0.3) is 0 Å². The monoisotopic (exact) mass is 346 g/mol. The Bertz CT molecular complexity index is 822. The van der Waals surface area contributed by atoms with E-state index >= 15 is 0 Å².